The molecule has 1 heterocycles. The van der Waals surface area contributed by atoms with Crippen LogP contribution in [0.5, 0.6) is 5.75 Å². The van der Waals surface area contributed by atoms with Crippen LogP contribution in [0.2, 0.25) is 10.0 Å². The van der Waals surface area contributed by atoms with E-state index in [2.05, 4.69) is 6.07 Å². The fraction of sp³-hybridized carbons (Fsp3) is 0.182. The number of ether oxygens (including phenoxy) is 1. The van der Waals surface area contributed by atoms with E-state index in [1.165, 1.54) is 16.7 Å². The van der Waals surface area contributed by atoms with Gasteiger partial charge in [0.2, 0.25) is 0 Å². The number of nitrogens with zero attached hydrogens (tertiary/aromatic N) is 1. The van der Waals surface area contributed by atoms with E-state index in [0.717, 1.165) is 16.5 Å². The predicted molar refractivity (Wildman–Crippen MR) is 115 cm³/mol. The Bertz CT molecular complexity index is 1310. The zero-order valence-electron chi connectivity index (χ0n) is 15.4. The molecular weight excluding hydrogens is 413 g/mol. The van der Waals surface area contributed by atoms with Crippen molar-refractivity contribution in [1.82, 2.24) is 4.57 Å². The Morgan fingerprint density at radius 2 is 1.72 bits per heavy atom. The van der Waals surface area contributed by atoms with Crippen molar-refractivity contribution in [2.75, 3.05) is 6.61 Å². The van der Waals surface area contributed by atoms with Gasteiger partial charge in [0.1, 0.15) is 5.75 Å². The molecule has 4 aromatic rings. The first-order chi connectivity index (χ1) is 14.0. The third-order valence-corrected chi connectivity index (χ3v) is 5.19. The highest BCUT2D eigenvalue weighted by atomic mass is 35.5. The number of fused-ring (bicyclic) bond motifs is 2. The fourth-order valence-electron chi connectivity index (χ4n) is 3.30. The number of rotatable bonds is 6. The monoisotopic (exact) mass is 429 g/mol. The quantitative estimate of drug-likeness (QED) is 0.391. The van der Waals surface area contributed by atoms with Crippen LogP contribution in [-0.4, -0.2) is 11.2 Å². The number of halogens is 2. The summed E-state index contributed by atoms with van der Waals surface area (Å²) in [5.41, 5.74) is -0.405. The summed E-state index contributed by atoms with van der Waals surface area (Å²) < 4.78 is 12.0. The summed E-state index contributed by atoms with van der Waals surface area (Å²) in [5.74, 6) is 0.0666. The Hall–Kier alpha value is -2.76. The molecule has 1 aromatic heterocycles. The summed E-state index contributed by atoms with van der Waals surface area (Å²) in [6.07, 6.45) is 1.36. The molecule has 0 atom stereocenters. The van der Waals surface area contributed by atoms with Gasteiger partial charge >= 0.3 is 11.4 Å². The highest BCUT2D eigenvalue weighted by molar-refractivity contribution is 6.38. The van der Waals surface area contributed by atoms with Crippen molar-refractivity contribution < 1.29 is 9.15 Å². The van der Waals surface area contributed by atoms with Gasteiger partial charge in [-0.25, -0.2) is 9.59 Å². The van der Waals surface area contributed by atoms with E-state index in [9.17, 15) is 9.59 Å². The van der Waals surface area contributed by atoms with Crippen LogP contribution in [0.15, 0.2) is 68.6 Å². The van der Waals surface area contributed by atoms with Gasteiger partial charge in [-0.1, -0.05) is 53.5 Å². The summed E-state index contributed by atoms with van der Waals surface area (Å²) in [7, 11) is 0. The molecule has 0 aliphatic carbocycles. The third kappa shape index (κ3) is 4.16. The zero-order valence-corrected chi connectivity index (χ0v) is 16.9. The van der Waals surface area contributed by atoms with Crippen LogP contribution in [0.4, 0.5) is 0 Å². The number of hydrogen-bond acceptors (Lipinski definition) is 4. The molecule has 0 amide bonds. The maximum Gasteiger partial charge on any atom is 0.422 e. The van der Waals surface area contributed by atoms with E-state index in [1.54, 1.807) is 0 Å². The Morgan fingerprint density at radius 1 is 0.931 bits per heavy atom. The maximum atomic E-state index is 12.2. The molecule has 5 nitrogen and oxygen atoms in total. The van der Waals surface area contributed by atoms with Crippen molar-refractivity contribution in [3.05, 3.63) is 85.6 Å². The molecule has 0 unspecified atom stereocenters. The molecule has 4 rings (SSSR count). The van der Waals surface area contributed by atoms with Crippen molar-refractivity contribution in [2.45, 2.75) is 19.4 Å². The molecule has 7 heteroatoms. The summed E-state index contributed by atoms with van der Waals surface area (Å²) in [6.45, 7) is 0.850. The fourth-order valence-corrected chi connectivity index (χ4v) is 3.89. The molecule has 148 valence electrons. The van der Waals surface area contributed by atoms with Gasteiger partial charge in [0, 0.05) is 11.6 Å². The van der Waals surface area contributed by atoms with E-state index in [-0.39, 0.29) is 10.4 Å². The predicted octanol–water partition coefficient (Wildman–Crippen LogP) is 5.27. The van der Waals surface area contributed by atoms with E-state index < -0.39 is 11.4 Å². The Labute approximate surface area is 176 Å². The van der Waals surface area contributed by atoms with E-state index in [1.807, 2.05) is 36.4 Å². The van der Waals surface area contributed by atoms with Crippen molar-refractivity contribution in [3.8, 4) is 5.75 Å². The normalized spacial score (nSPS) is 11.2. The first-order valence-electron chi connectivity index (χ1n) is 9.17. The van der Waals surface area contributed by atoms with Gasteiger partial charge in [-0.2, -0.15) is 0 Å². The van der Waals surface area contributed by atoms with Gasteiger partial charge in [-0.15, -0.1) is 0 Å². The van der Waals surface area contributed by atoms with Gasteiger partial charge < -0.3 is 9.15 Å². The van der Waals surface area contributed by atoms with Gasteiger partial charge in [-0.3, -0.25) is 4.57 Å². The second-order valence-electron chi connectivity index (χ2n) is 6.66. The molecule has 3 aromatic carbocycles. The van der Waals surface area contributed by atoms with Crippen LogP contribution in [0, 0.1) is 0 Å². The van der Waals surface area contributed by atoms with Crippen LogP contribution in [-0.2, 0) is 6.54 Å². The van der Waals surface area contributed by atoms with E-state index in [0.29, 0.717) is 36.5 Å². The SMILES string of the molecule is O=c1oc(=O)n(CCCCOc2ccc3ccccc3c2)c2c(Cl)cc(Cl)cc12. The van der Waals surface area contributed by atoms with Gasteiger partial charge in [0.15, 0.2) is 0 Å². The molecule has 0 radical (unpaired) electrons. The average Bonchev–Trinajstić information content (AvgIpc) is 2.70. The van der Waals surface area contributed by atoms with Crippen LogP contribution in [0.25, 0.3) is 21.7 Å². The molecule has 0 aliphatic rings. The van der Waals surface area contributed by atoms with E-state index in [4.69, 9.17) is 32.4 Å². The van der Waals surface area contributed by atoms with Crippen molar-refractivity contribution >= 4 is 44.9 Å². The van der Waals surface area contributed by atoms with Crippen molar-refractivity contribution in [3.63, 3.8) is 0 Å². The first kappa shape index (κ1) is 19.6. The minimum atomic E-state index is -0.745. The molecular formula is C22H17Cl2NO4. The summed E-state index contributed by atoms with van der Waals surface area (Å²) in [6, 6.07) is 17.0. The lowest BCUT2D eigenvalue weighted by Crippen LogP contribution is -2.25. The highest BCUT2D eigenvalue weighted by Crippen LogP contribution is 2.25. The Kier molecular flexibility index (Phi) is 5.60. The minimum Gasteiger partial charge on any atom is -0.494 e. The summed E-state index contributed by atoms with van der Waals surface area (Å²) >= 11 is 12.2. The molecule has 29 heavy (non-hydrogen) atoms. The molecule has 0 fully saturated rings. The second kappa shape index (κ2) is 8.31. The zero-order chi connectivity index (χ0) is 20.4. The molecule has 0 spiro atoms. The highest BCUT2D eigenvalue weighted by Gasteiger charge is 2.13. The van der Waals surface area contributed by atoms with Gasteiger partial charge in [-0.05, 0) is 47.9 Å². The summed E-state index contributed by atoms with van der Waals surface area (Å²) in [4.78, 5) is 24.1. The second-order valence-corrected chi connectivity index (χ2v) is 7.50. The smallest absolute Gasteiger partial charge is 0.422 e. The molecule has 0 bridgehead atoms. The lowest BCUT2D eigenvalue weighted by molar-refractivity contribution is 0.301. The molecule has 0 saturated carbocycles. The Morgan fingerprint density at radius 3 is 2.55 bits per heavy atom. The lowest BCUT2D eigenvalue weighted by atomic mass is 10.1. The van der Waals surface area contributed by atoms with Crippen molar-refractivity contribution in [2.24, 2.45) is 0 Å². The van der Waals surface area contributed by atoms with Crippen LogP contribution in [0.3, 0.4) is 0 Å². The van der Waals surface area contributed by atoms with E-state index >= 15 is 0 Å². The topological polar surface area (TPSA) is 61.4 Å². The number of benzene rings is 3. The van der Waals surface area contributed by atoms with Gasteiger partial charge in [0.05, 0.1) is 22.5 Å². The first-order valence-corrected chi connectivity index (χ1v) is 9.93. The maximum absolute atomic E-state index is 12.2. The van der Waals surface area contributed by atoms with Crippen molar-refractivity contribution in [1.29, 1.82) is 0 Å². The number of unbranched alkanes of at least 4 members (excludes halogenated alkanes) is 1. The summed E-state index contributed by atoms with van der Waals surface area (Å²) in [5, 5.41) is 3.02. The molecule has 0 N–H and O–H groups in total. The number of hydrogen-bond donors (Lipinski definition) is 0. The third-order valence-electron chi connectivity index (χ3n) is 4.68. The molecule has 0 aliphatic heterocycles. The minimum absolute atomic E-state index is 0.189. The standard InChI is InChI=1S/C22H17Cl2NO4/c23-16-12-18-20(19(24)13-16)25(22(27)29-21(18)26)9-3-4-10-28-17-8-7-14-5-1-2-6-15(14)11-17/h1-2,5-8,11-13H,3-4,9-10H2. The Balaban J connectivity index is 1.43. The van der Waals surface area contributed by atoms with Gasteiger partial charge in [0.25, 0.3) is 0 Å². The largest absolute Gasteiger partial charge is 0.494 e. The van der Waals surface area contributed by atoms with Crippen LogP contribution >= 0.6 is 23.2 Å². The number of aryl methyl sites for hydroxylation is 1. The average molecular weight is 430 g/mol. The van der Waals surface area contributed by atoms with Crippen LogP contribution in [0.1, 0.15) is 12.8 Å². The molecule has 0 saturated heterocycles. The lowest BCUT2D eigenvalue weighted by Gasteiger charge is -2.11. The number of aromatic nitrogens is 1. The van der Waals surface area contributed by atoms with Crippen LogP contribution < -0.4 is 16.1 Å².